The molecule has 0 aliphatic carbocycles. The highest BCUT2D eigenvalue weighted by molar-refractivity contribution is 5.80. The molecule has 3 rings (SSSR count). The minimum absolute atomic E-state index is 0.0625. The van der Waals surface area contributed by atoms with Gasteiger partial charge in [0.25, 0.3) is 5.69 Å². The summed E-state index contributed by atoms with van der Waals surface area (Å²) in [4.78, 5) is 21.3. The van der Waals surface area contributed by atoms with Crippen LogP contribution in [0.5, 0.6) is 0 Å². The number of nitro groups is 1. The lowest BCUT2D eigenvalue weighted by Gasteiger charge is -2.17. The van der Waals surface area contributed by atoms with Gasteiger partial charge in [0.2, 0.25) is 0 Å². The zero-order chi connectivity index (χ0) is 18.0. The molecule has 128 valence electrons. The fraction of sp³-hybridized carbons (Fsp3) is 0.222. The fourth-order valence-electron chi connectivity index (χ4n) is 2.81. The van der Waals surface area contributed by atoms with Crippen LogP contribution in [0.4, 0.5) is 10.1 Å². The SMILES string of the molecule is Cc1nc(CN(C)Cc2c(F)cccc2[N+](=O)[O-])nc2ccccc12. The summed E-state index contributed by atoms with van der Waals surface area (Å²) >= 11 is 0. The van der Waals surface area contributed by atoms with E-state index >= 15 is 0 Å². The molecule has 0 N–H and O–H groups in total. The van der Waals surface area contributed by atoms with Crippen LogP contribution in [0.1, 0.15) is 17.1 Å². The maximum Gasteiger partial charge on any atom is 0.276 e. The van der Waals surface area contributed by atoms with Crippen molar-refractivity contribution in [2.75, 3.05) is 7.05 Å². The Kier molecular flexibility index (Phi) is 4.67. The van der Waals surface area contributed by atoms with E-state index in [1.165, 1.54) is 18.2 Å². The first-order chi connectivity index (χ1) is 12.0. The van der Waals surface area contributed by atoms with Crippen LogP contribution < -0.4 is 0 Å². The molecule has 1 aromatic heterocycles. The normalized spacial score (nSPS) is 11.2. The molecular weight excluding hydrogens is 323 g/mol. The van der Waals surface area contributed by atoms with E-state index in [1.54, 1.807) is 11.9 Å². The third-order valence-corrected chi connectivity index (χ3v) is 3.97. The first-order valence-electron chi connectivity index (χ1n) is 7.78. The molecule has 0 aliphatic heterocycles. The molecule has 7 heteroatoms. The molecule has 0 unspecified atom stereocenters. The first kappa shape index (κ1) is 16.9. The molecule has 0 atom stereocenters. The topological polar surface area (TPSA) is 72.2 Å². The van der Waals surface area contributed by atoms with Crippen molar-refractivity contribution < 1.29 is 9.31 Å². The zero-order valence-electron chi connectivity index (χ0n) is 13.9. The van der Waals surface area contributed by atoms with Crippen molar-refractivity contribution in [2.45, 2.75) is 20.0 Å². The fourth-order valence-corrected chi connectivity index (χ4v) is 2.81. The average molecular weight is 340 g/mol. The predicted molar refractivity (Wildman–Crippen MR) is 92.5 cm³/mol. The van der Waals surface area contributed by atoms with E-state index in [4.69, 9.17) is 0 Å². The van der Waals surface area contributed by atoms with E-state index in [1.807, 2.05) is 31.2 Å². The predicted octanol–water partition coefficient (Wildman–Crippen LogP) is 3.62. The molecule has 6 nitrogen and oxygen atoms in total. The van der Waals surface area contributed by atoms with Gasteiger partial charge in [-0.05, 0) is 26.1 Å². The van der Waals surface area contributed by atoms with E-state index < -0.39 is 10.7 Å². The number of rotatable bonds is 5. The van der Waals surface area contributed by atoms with Crippen molar-refractivity contribution in [2.24, 2.45) is 0 Å². The highest BCUT2D eigenvalue weighted by Gasteiger charge is 2.19. The van der Waals surface area contributed by atoms with Crippen LogP contribution in [0, 0.1) is 22.9 Å². The molecule has 0 aliphatic rings. The summed E-state index contributed by atoms with van der Waals surface area (Å²) in [5, 5.41) is 12.1. The number of halogens is 1. The van der Waals surface area contributed by atoms with Crippen LogP contribution in [-0.4, -0.2) is 26.8 Å². The lowest BCUT2D eigenvalue weighted by atomic mass is 10.1. The molecule has 0 amide bonds. The van der Waals surface area contributed by atoms with E-state index in [0.29, 0.717) is 12.4 Å². The lowest BCUT2D eigenvalue weighted by Crippen LogP contribution is -2.20. The third-order valence-electron chi connectivity index (χ3n) is 3.97. The Morgan fingerprint density at radius 2 is 1.88 bits per heavy atom. The molecule has 1 heterocycles. The molecule has 0 radical (unpaired) electrons. The number of hydrogen-bond acceptors (Lipinski definition) is 5. The van der Waals surface area contributed by atoms with E-state index in [-0.39, 0.29) is 17.8 Å². The lowest BCUT2D eigenvalue weighted by molar-refractivity contribution is -0.385. The van der Waals surface area contributed by atoms with Crippen molar-refractivity contribution in [3.8, 4) is 0 Å². The summed E-state index contributed by atoms with van der Waals surface area (Å²) < 4.78 is 14.0. The van der Waals surface area contributed by atoms with E-state index in [0.717, 1.165) is 16.6 Å². The maximum atomic E-state index is 14.0. The Morgan fingerprint density at radius 1 is 1.12 bits per heavy atom. The van der Waals surface area contributed by atoms with Crippen LogP contribution in [-0.2, 0) is 13.1 Å². The Labute approximate surface area is 144 Å². The molecule has 0 bridgehead atoms. The second-order valence-corrected chi connectivity index (χ2v) is 5.91. The molecule has 0 saturated carbocycles. The largest absolute Gasteiger partial charge is 0.294 e. The van der Waals surface area contributed by atoms with Crippen LogP contribution >= 0.6 is 0 Å². The number of nitro benzene ring substituents is 1. The van der Waals surface area contributed by atoms with Gasteiger partial charge in [0.15, 0.2) is 0 Å². The standard InChI is InChI=1S/C18H17FN4O2/c1-12-13-6-3-4-8-16(13)21-18(20-12)11-22(2)10-14-15(19)7-5-9-17(14)23(24)25/h3-9H,10-11H2,1-2H3. The van der Waals surface area contributed by atoms with Gasteiger partial charge in [0, 0.05) is 23.7 Å². The van der Waals surface area contributed by atoms with Crippen molar-refractivity contribution >= 4 is 16.6 Å². The van der Waals surface area contributed by atoms with Gasteiger partial charge in [0.05, 0.1) is 22.5 Å². The smallest absolute Gasteiger partial charge is 0.276 e. The number of benzene rings is 2. The highest BCUT2D eigenvalue weighted by Crippen LogP contribution is 2.23. The molecular formula is C18H17FN4O2. The average Bonchev–Trinajstić information content (AvgIpc) is 2.56. The second-order valence-electron chi connectivity index (χ2n) is 5.91. The Bertz CT molecular complexity index is 946. The van der Waals surface area contributed by atoms with Crippen LogP contribution in [0.25, 0.3) is 10.9 Å². The van der Waals surface area contributed by atoms with Crippen molar-refractivity contribution in [1.29, 1.82) is 0 Å². The van der Waals surface area contributed by atoms with Crippen molar-refractivity contribution in [3.63, 3.8) is 0 Å². The number of para-hydroxylation sites is 1. The second kappa shape index (κ2) is 6.90. The van der Waals surface area contributed by atoms with Crippen LogP contribution in [0.3, 0.4) is 0 Å². The van der Waals surface area contributed by atoms with Gasteiger partial charge < -0.3 is 0 Å². The summed E-state index contributed by atoms with van der Waals surface area (Å²) in [5.41, 5.74) is 1.55. The quantitative estimate of drug-likeness (QED) is 0.524. The summed E-state index contributed by atoms with van der Waals surface area (Å²) in [7, 11) is 1.75. The maximum absolute atomic E-state index is 14.0. The van der Waals surface area contributed by atoms with Gasteiger partial charge >= 0.3 is 0 Å². The molecule has 0 spiro atoms. The van der Waals surface area contributed by atoms with Crippen LogP contribution in [0.15, 0.2) is 42.5 Å². The van der Waals surface area contributed by atoms with Crippen molar-refractivity contribution in [3.05, 3.63) is 75.5 Å². The highest BCUT2D eigenvalue weighted by atomic mass is 19.1. The summed E-state index contributed by atoms with van der Waals surface area (Å²) in [6.07, 6.45) is 0. The summed E-state index contributed by atoms with van der Waals surface area (Å²) in [5.74, 6) is 0.00866. The summed E-state index contributed by atoms with van der Waals surface area (Å²) in [6, 6.07) is 11.6. The molecule has 0 saturated heterocycles. The molecule has 0 fully saturated rings. The Hall–Kier alpha value is -2.93. The molecule has 25 heavy (non-hydrogen) atoms. The minimum atomic E-state index is -0.586. The molecule has 3 aromatic rings. The molecule has 2 aromatic carbocycles. The zero-order valence-corrected chi connectivity index (χ0v) is 13.9. The van der Waals surface area contributed by atoms with E-state index in [9.17, 15) is 14.5 Å². The van der Waals surface area contributed by atoms with Gasteiger partial charge in [0.1, 0.15) is 11.6 Å². The van der Waals surface area contributed by atoms with Crippen LogP contribution in [0.2, 0.25) is 0 Å². The Balaban J connectivity index is 1.84. The number of fused-ring (bicyclic) bond motifs is 1. The van der Waals surface area contributed by atoms with Gasteiger partial charge in [-0.1, -0.05) is 24.3 Å². The van der Waals surface area contributed by atoms with Gasteiger partial charge in [-0.15, -0.1) is 0 Å². The number of aryl methyl sites for hydroxylation is 1. The first-order valence-corrected chi connectivity index (χ1v) is 7.78. The monoisotopic (exact) mass is 340 g/mol. The van der Waals surface area contributed by atoms with Gasteiger partial charge in [-0.25, -0.2) is 14.4 Å². The van der Waals surface area contributed by atoms with Gasteiger partial charge in [-0.2, -0.15) is 0 Å². The van der Waals surface area contributed by atoms with E-state index in [2.05, 4.69) is 9.97 Å². The van der Waals surface area contributed by atoms with Crippen molar-refractivity contribution in [1.82, 2.24) is 14.9 Å². The minimum Gasteiger partial charge on any atom is -0.294 e. The number of nitrogens with zero attached hydrogens (tertiary/aromatic N) is 4. The van der Waals surface area contributed by atoms with Gasteiger partial charge in [-0.3, -0.25) is 15.0 Å². The Morgan fingerprint density at radius 3 is 2.64 bits per heavy atom. The number of aromatic nitrogens is 2. The number of hydrogen-bond donors (Lipinski definition) is 0. The third kappa shape index (κ3) is 3.61. The summed E-state index contributed by atoms with van der Waals surface area (Å²) in [6.45, 7) is 2.37.